The Morgan fingerprint density at radius 2 is 1.72 bits per heavy atom. The lowest BCUT2D eigenvalue weighted by Crippen LogP contribution is -2.62. The first kappa shape index (κ1) is 23.2. The van der Waals surface area contributed by atoms with Crippen molar-refractivity contribution in [3.63, 3.8) is 0 Å². The lowest BCUT2D eigenvalue weighted by molar-refractivity contribution is -0.137. The number of carbonyl (C=O) groups excluding carboxylic acids is 1. The summed E-state index contributed by atoms with van der Waals surface area (Å²) >= 11 is 1.16. The molecule has 0 bridgehead atoms. The predicted octanol–water partition coefficient (Wildman–Crippen LogP) is 6.31. The molecule has 1 heterocycles. The molecule has 3 nitrogen and oxygen atoms in total. The molecule has 1 N–H and O–H groups in total. The minimum Gasteiger partial charge on any atom is -0.343 e. The molecule has 1 aliphatic heterocycles. The summed E-state index contributed by atoms with van der Waals surface area (Å²) in [5, 5.41) is 3.25. The number of hydrogen-bond donors (Lipinski definition) is 1. The Morgan fingerprint density at radius 3 is 2.28 bits per heavy atom. The zero-order chi connectivity index (χ0) is 22.8. The van der Waals surface area contributed by atoms with E-state index in [-0.39, 0.29) is 17.5 Å². The van der Waals surface area contributed by atoms with Gasteiger partial charge in [-0.05, 0) is 75.2 Å². The first-order valence-corrected chi connectivity index (χ1v) is 12.4. The molecular formula is C25H29F3N2OS. The molecule has 1 unspecified atom stereocenters. The van der Waals surface area contributed by atoms with Gasteiger partial charge in [-0.25, -0.2) is 0 Å². The molecule has 7 heteroatoms. The quantitative estimate of drug-likeness (QED) is 0.511. The number of carbonyl (C=O) groups is 1. The fraction of sp³-hybridized carbons (Fsp3) is 0.480. The van der Waals surface area contributed by atoms with Crippen LogP contribution >= 0.6 is 11.8 Å². The maximum atomic E-state index is 13.4. The van der Waals surface area contributed by atoms with Crippen LogP contribution in [0.15, 0.2) is 53.4 Å². The van der Waals surface area contributed by atoms with Gasteiger partial charge >= 0.3 is 6.18 Å². The number of hydrogen-bond acceptors (Lipinski definition) is 3. The molecule has 0 radical (unpaired) electrons. The van der Waals surface area contributed by atoms with Gasteiger partial charge in [-0.1, -0.05) is 36.8 Å². The Balaban J connectivity index is 1.67. The van der Waals surface area contributed by atoms with Gasteiger partial charge in [0.05, 0.1) is 17.2 Å². The van der Waals surface area contributed by atoms with Gasteiger partial charge in [0, 0.05) is 10.4 Å². The number of rotatable bonds is 6. The van der Waals surface area contributed by atoms with Crippen LogP contribution in [0.1, 0.15) is 66.1 Å². The molecule has 0 spiro atoms. The molecule has 1 saturated heterocycles. The fourth-order valence-corrected chi connectivity index (χ4v) is 5.73. The van der Waals surface area contributed by atoms with Crippen molar-refractivity contribution in [2.24, 2.45) is 0 Å². The van der Waals surface area contributed by atoms with E-state index in [0.717, 1.165) is 74.7 Å². The Morgan fingerprint density at radius 1 is 1.03 bits per heavy atom. The molecule has 1 saturated carbocycles. The molecule has 32 heavy (non-hydrogen) atoms. The second-order valence-corrected chi connectivity index (χ2v) is 9.58. The number of likely N-dealkylation sites (tertiary alicyclic amines) is 1. The lowest BCUT2D eigenvalue weighted by Gasteiger charge is -2.56. The number of nitrogens with one attached hydrogen (secondary N) is 1. The number of piperidine rings is 1. The third-order valence-electron chi connectivity index (χ3n) is 6.92. The fourth-order valence-electron chi connectivity index (χ4n) is 5.10. The predicted molar refractivity (Wildman–Crippen MR) is 122 cm³/mol. The topological polar surface area (TPSA) is 32.3 Å². The standard InChI is InChI=1S/C25H29F3N2OS/c1-32-21-17-19(25(26,27)28)11-12-20(21)23(31)29-22(18-9-4-2-5-10-18)24(13-8-14-24)30-15-6-3-7-16-30/h2,4-5,9-12,17,22H,3,6-8,13-16H2,1H3,(H,29,31). The highest BCUT2D eigenvalue weighted by Gasteiger charge is 2.50. The highest BCUT2D eigenvalue weighted by Crippen LogP contribution is 2.48. The van der Waals surface area contributed by atoms with E-state index < -0.39 is 11.7 Å². The van der Waals surface area contributed by atoms with E-state index in [1.54, 1.807) is 6.26 Å². The number of thioether (sulfide) groups is 1. The molecule has 0 aromatic heterocycles. The van der Waals surface area contributed by atoms with E-state index in [0.29, 0.717) is 10.5 Å². The third-order valence-corrected chi connectivity index (χ3v) is 7.70. The van der Waals surface area contributed by atoms with Crippen molar-refractivity contribution in [3.05, 3.63) is 65.2 Å². The average Bonchev–Trinajstić information content (AvgIpc) is 2.78. The monoisotopic (exact) mass is 462 g/mol. The summed E-state index contributed by atoms with van der Waals surface area (Å²) in [4.78, 5) is 16.3. The highest BCUT2D eigenvalue weighted by atomic mass is 32.2. The molecule has 2 aromatic carbocycles. The summed E-state index contributed by atoms with van der Waals surface area (Å²) in [5.74, 6) is -0.319. The first-order chi connectivity index (χ1) is 15.3. The van der Waals surface area contributed by atoms with E-state index in [1.165, 1.54) is 12.5 Å². The number of halogens is 3. The molecule has 4 rings (SSSR count). The molecule has 2 aromatic rings. The zero-order valence-electron chi connectivity index (χ0n) is 18.3. The van der Waals surface area contributed by atoms with Crippen LogP contribution in [0.2, 0.25) is 0 Å². The molecule has 2 fully saturated rings. The summed E-state index contributed by atoms with van der Waals surface area (Å²) in [6.45, 7) is 2.05. The van der Waals surface area contributed by atoms with Gasteiger partial charge in [-0.15, -0.1) is 11.8 Å². The van der Waals surface area contributed by atoms with E-state index in [2.05, 4.69) is 10.2 Å². The van der Waals surface area contributed by atoms with Gasteiger partial charge in [-0.2, -0.15) is 13.2 Å². The van der Waals surface area contributed by atoms with Gasteiger partial charge in [-0.3, -0.25) is 9.69 Å². The maximum Gasteiger partial charge on any atom is 0.416 e. The van der Waals surface area contributed by atoms with Gasteiger partial charge in [0.25, 0.3) is 5.91 Å². The van der Waals surface area contributed by atoms with Gasteiger partial charge < -0.3 is 5.32 Å². The molecule has 172 valence electrons. The lowest BCUT2D eigenvalue weighted by atomic mass is 9.67. The first-order valence-electron chi connectivity index (χ1n) is 11.2. The summed E-state index contributed by atoms with van der Waals surface area (Å²) in [6.07, 6.45) is 3.95. The molecule has 1 aliphatic carbocycles. The zero-order valence-corrected chi connectivity index (χ0v) is 19.1. The van der Waals surface area contributed by atoms with Crippen LogP contribution in [0, 0.1) is 0 Å². The van der Waals surface area contributed by atoms with Gasteiger partial charge in [0.1, 0.15) is 0 Å². The Labute approximate surface area is 191 Å². The van der Waals surface area contributed by atoms with Crippen LogP contribution in [0.4, 0.5) is 13.2 Å². The summed E-state index contributed by atoms with van der Waals surface area (Å²) in [6, 6.07) is 13.1. The molecule has 1 amide bonds. The maximum absolute atomic E-state index is 13.4. The summed E-state index contributed by atoms with van der Waals surface area (Å²) in [5.41, 5.74) is 0.466. The van der Waals surface area contributed by atoms with E-state index >= 15 is 0 Å². The van der Waals surface area contributed by atoms with Crippen molar-refractivity contribution in [2.75, 3.05) is 19.3 Å². The largest absolute Gasteiger partial charge is 0.416 e. The van der Waals surface area contributed by atoms with Gasteiger partial charge in [0.2, 0.25) is 0 Å². The van der Waals surface area contributed by atoms with Crippen molar-refractivity contribution in [3.8, 4) is 0 Å². The smallest absolute Gasteiger partial charge is 0.343 e. The second-order valence-electron chi connectivity index (χ2n) is 8.73. The minimum absolute atomic E-state index is 0.136. The molecule has 2 aliphatic rings. The van der Waals surface area contributed by atoms with Crippen molar-refractivity contribution < 1.29 is 18.0 Å². The minimum atomic E-state index is -4.43. The molecular weight excluding hydrogens is 433 g/mol. The number of alkyl halides is 3. The van der Waals surface area contributed by atoms with Crippen molar-refractivity contribution in [1.82, 2.24) is 10.2 Å². The number of amides is 1. The number of nitrogens with zero attached hydrogens (tertiary/aromatic N) is 1. The highest BCUT2D eigenvalue weighted by molar-refractivity contribution is 7.98. The van der Waals surface area contributed by atoms with Crippen LogP contribution in [-0.2, 0) is 6.18 Å². The van der Waals surface area contributed by atoms with Crippen LogP contribution in [0.5, 0.6) is 0 Å². The van der Waals surface area contributed by atoms with Crippen LogP contribution in [0.3, 0.4) is 0 Å². The third kappa shape index (κ3) is 4.55. The Hall–Kier alpha value is -1.99. The summed E-state index contributed by atoms with van der Waals surface area (Å²) in [7, 11) is 0. The van der Waals surface area contributed by atoms with Crippen molar-refractivity contribution in [1.29, 1.82) is 0 Å². The average molecular weight is 463 g/mol. The SMILES string of the molecule is CSc1cc(C(F)(F)F)ccc1C(=O)NC(c1ccccc1)C1(N2CCCCC2)CCC1. The van der Waals surface area contributed by atoms with E-state index in [1.807, 2.05) is 30.3 Å². The van der Waals surface area contributed by atoms with E-state index in [9.17, 15) is 18.0 Å². The Kier molecular flexibility index (Phi) is 6.86. The number of benzene rings is 2. The van der Waals surface area contributed by atoms with Crippen LogP contribution in [0.25, 0.3) is 0 Å². The Bertz CT molecular complexity index is 938. The summed E-state index contributed by atoms with van der Waals surface area (Å²) < 4.78 is 39.5. The normalized spacial score (nSPS) is 19.8. The van der Waals surface area contributed by atoms with Crippen molar-refractivity contribution >= 4 is 17.7 Å². The van der Waals surface area contributed by atoms with Gasteiger partial charge in [0.15, 0.2) is 0 Å². The van der Waals surface area contributed by atoms with E-state index in [4.69, 9.17) is 0 Å². The van der Waals surface area contributed by atoms with Crippen LogP contribution < -0.4 is 5.32 Å². The molecule has 1 atom stereocenters. The van der Waals surface area contributed by atoms with Crippen LogP contribution in [-0.4, -0.2) is 35.7 Å². The second kappa shape index (κ2) is 9.48. The van der Waals surface area contributed by atoms with Crippen molar-refractivity contribution in [2.45, 2.75) is 61.2 Å².